The minimum absolute atomic E-state index is 0. The predicted octanol–water partition coefficient (Wildman–Crippen LogP) is 1.95. The van der Waals surface area contributed by atoms with Gasteiger partial charge in [-0.3, -0.25) is 0 Å². The molecule has 5 heteroatoms. The van der Waals surface area contributed by atoms with Gasteiger partial charge in [0.2, 0.25) is 5.88 Å². The van der Waals surface area contributed by atoms with Crippen LogP contribution in [0.2, 0.25) is 0 Å². The third-order valence-corrected chi connectivity index (χ3v) is 2.76. The van der Waals surface area contributed by atoms with E-state index in [0.29, 0.717) is 12.4 Å². The highest BCUT2D eigenvalue weighted by molar-refractivity contribution is 5.36. The summed E-state index contributed by atoms with van der Waals surface area (Å²) in [5.74, 6) is 1.25. The molecule has 0 aliphatic heterocycles. The van der Waals surface area contributed by atoms with E-state index in [1.54, 1.807) is 18.3 Å². The molecular formula is C15H21N3O2. The third-order valence-electron chi connectivity index (χ3n) is 2.76. The molecule has 0 unspecified atom stereocenters. The maximum atomic E-state index is 8.72. The van der Waals surface area contributed by atoms with E-state index in [1.807, 2.05) is 19.1 Å². The monoisotopic (exact) mass is 275 g/mol. The number of aliphatic hydroxyl groups is 1. The first-order chi connectivity index (χ1) is 9.78. The summed E-state index contributed by atoms with van der Waals surface area (Å²) in [5.41, 5.74) is 2.33. The Morgan fingerprint density at radius 2 is 2.20 bits per heavy atom. The van der Waals surface area contributed by atoms with Crippen LogP contribution >= 0.6 is 0 Å². The molecule has 0 fully saturated rings. The molecule has 2 aromatic rings. The second-order valence-corrected chi connectivity index (χ2v) is 4.54. The van der Waals surface area contributed by atoms with Gasteiger partial charge in [-0.05, 0) is 49.2 Å². The van der Waals surface area contributed by atoms with Gasteiger partial charge in [0.1, 0.15) is 5.75 Å². The normalized spacial score (nSPS) is 10.5. The molecule has 0 aliphatic carbocycles. The Hall–Kier alpha value is -1.98. The van der Waals surface area contributed by atoms with E-state index in [2.05, 4.69) is 21.6 Å². The number of rotatable bonds is 7. The molecule has 0 bridgehead atoms. The van der Waals surface area contributed by atoms with Crippen LogP contribution < -0.4 is 10.1 Å². The van der Waals surface area contributed by atoms with Crippen LogP contribution in [0, 0.1) is 6.92 Å². The number of nitrogens with zero attached hydrogens (tertiary/aromatic N) is 2. The Labute approximate surface area is 120 Å². The molecule has 1 aromatic heterocycles. The fraction of sp³-hybridized carbons (Fsp3) is 0.333. The van der Waals surface area contributed by atoms with E-state index in [-0.39, 0.29) is 8.03 Å². The number of aliphatic hydroxyl groups excluding tert-OH is 1. The van der Waals surface area contributed by atoms with Crippen LogP contribution in [-0.2, 0) is 6.42 Å². The summed E-state index contributed by atoms with van der Waals surface area (Å²) in [5, 5.41) is 19.6. The molecule has 0 saturated heterocycles. The summed E-state index contributed by atoms with van der Waals surface area (Å²) >= 11 is 0. The molecule has 0 atom stereocenters. The molecule has 2 N–H and O–H groups in total. The smallest absolute Gasteiger partial charge is 0.238 e. The molecule has 0 spiro atoms. The summed E-state index contributed by atoms with van der Waals surface area (Å²) in [4.78, 5) is 0. The van der Waals surface area contributed by atoms with Crippen molar-refractivity contribution in [1.29, 1.82) is 0 Å². The highest BCUT2D eigenvalue weighted by Crippen LogP contribution is 2.22. The minimum atomic E-state index is 0. The number of ether oxygens (including phenoxy) is 1. The second-order valence-electron chi connectivity index (χ2n) is 4.54. The highest BCUT2D eigenvalue weighted by Gasteiger charge is 2.02. The van der Waals surface area contributed by atoms with Crippen molar-refractivity contribution in [3.05, 3.63) is 47.7 Å². The zero-order valence-electron chi connectivity index (χ0n) is 11.5. The van der Waals surface area contributed by atoms with Gasteiger partial charge in [0.05, 0.1) is 6.61 Å². The number of hydrogen-bond acceptors (Lipinski definition) is 5. The largest absolute Gasteiger partial charge is 0.438 e. The number of hydrogen-bond donors (Lipinski definition) is 2. The summed E-state index contributed by atoms with van der Waals surface area (Å²) in [6, 6.07) is 9.67. The van der Waals surface area contributed by atoms with E-state index in [4.69, 9.17) is 9.84 Å². The molecule has 0 aliphatic rings. The summed E-state index contributed by atoms with van der Waals surface area (Å²) in [6.07, 6.45) is 2.50. The standard InChI is InChI=1S/C15H19N3O2.H2/c1-12-9-13(4-6-16-7-8-19)11-14(10-12)20-15-3-2-5-17-18-15;/h2-3,5,9-11,16,19H,4,6-8H2,1H3;1H. The van der Waals surface area contributed by atoms with Crippen LogP contribution in [0.3, 0.4) is 0 Å². The number of aromatic nitrogens is 2. The van der Waals surface area contributed by atoms with Crippen molar-refractivity contribution in [2.45, 2.75) is 13.3 Å². The maximum Gasteiger partial charge on any atom is 0.238 e. The van der Waals surface area contributed by atoms with Gasteiger partial charge >= 0.3 is 0 Å². The van der Waals surface area contributed by atoms with E-state index in [1.165, 1.54) is 5.56 Å². The van der Waals surface area contributed by atoms with Crippen molar-refractivity contribution in [2.24, 2.45) is 0 Å². The maximum absolute atomic E-state index is 8.72. The van der Waals surface area contributed by atoms with Crippen molar-refractivity contribution in [3.63, 3.8) is 0 Å². The minimum Gasteiger partial charge on any atom is -0.438 e. The van der Waals surface area contributed by atoms with Gasteiger partial charge in [0, 0.05) is 20.2 Å². The molecule has 1 heterocycles. The SMILES string of the molecule is Cc1cc(CCNCCO)cc(Oc2cccnn2)c1.[HH]. The average molecular weight is 275 g/mol. The Kier molecular flexibility index (Phi) is 5.46. The molecule has 0 radical (unpaired) electrons. The lowest BCUT2D eigenvalue weighted by molar-refractivity contribution is 0.293. The first kappa shape index (κ1) is 14.4. The molecule has 20 heavy (non-hydrogen) atoms. The van der Waals surface area contributed by atoms with E-state index in [0.717, 1.165) is 24.3 Å². The van der Waals surface area contributed by atoms with Crippen molar-refractivity contribution in [2.75, 3.05) is 19.7 Å². The van der Waals surface area contributed by atoms with Crippen LogP contribution in [0.1, 0.15) is 12.6 Å². The third kappa shape index (κ3) is 4.60. The summed E-state index contributed by atoms with van der Waals surface area (Å²) < 4.78 is 5.69. The fourth-order valence-corrected chi connectivity index (χ4v) is 1.93. The van der Waals surface area contributed by atoms with Gasteiger partial charge in [-0.15, -0.1) is 5.10 Å². The van der Waals surface area contributed by atoms with E-state index >= 15 is 0 Å². The second kappa shape index (κ2) is 7.57. The van der Waals surface area contributed by atoms with Crippen molar-refractivity contribution in [1.82, 2.24) is 15.5 Å². The Bertz CT molecular complexity index is 538. The predicted molar refractivity (Wildman–Crippen MR) is 79.1 cm³/mol. The number of aryl methyl sites for hydroxylation is 1. The molecular weight excluding hydrogens is 254 g/mol. The van der Waals surface area contributed by atoms with Crippen LogP contribution in [-0.4, -0.2) is 35.0 Å². The zero-order chi connectivity index (χ0) is 14.2. The van der Waals surface area contributed by atoms with Crippen molar-refractivity contribution >= 4 is 0 Å². The van der Waals surface area contributed by atoms with Crippen LogP contribution in [0.15, 0.2) is 36.5 Å². The Morgan fingerprint density at radius 3 is 2.95 bits per heavy atom. The van der Waals surface area contributed by atoms with E-state index in [9.17, 15) is 0 Å². The van der Waals surface area contributed by atoms with Crippen LogP contribution in [0.5, 0.6) is 11.6 Å². The first-order valence-corrected chi connectivity index (χ1v) is 6.65. The quantitative estimate of drug-likeness (QED) is 0.756. The number of nitrogens with one attached hydrogen (secondary N) is 1. The molecule has 0 saturated carbocycles. The van der Waals surface area contributed by atoms with Gasteiger partial charge in [-0.2, -0.15) is 5.10 Å². The Balaban J connectivity index is 0.00000220. The van der Waals surface area contributed by atoms with Crippen LogP contribution in [0.4, 0.5) is 0 Å². The van der Waals surface area contributed by atoms with Gasteiger partial charge in [-0.25, -0.2) is 0 Å². The van der Waals surface area contributed by atoms with E-state index < -0.39 is 0 Å². The zero-order valence-corrected chi connectivity index (χ0v) is 11.5. The number of benzene rings is 1. The summed E-state index contributed by atoms with van der Waals surface area (Å²) in [7, 11) is 0. The van der Waals surface area contributed by atoms with Crippen LogP contribution in [0.25, 0.3) is 0 Å². The first-order valence-electron chi connectivity index (χ1n) is 6.65. The van der Waals surface area contributed by atoms with Crippen molar-refractivity contribution in [3.8, 4) is 11.6 Å². The topological polar surface area (TPSA) is 67.3 Å². The lowest BCUT2D eigenvalue weighted by atomic mass is 10.1. The Morgan fingerprint density at radius 1 is 1.30 bits per heavy atom. The van der Waals surface area contributed by atoms with Gasteiger partial charge < -0.3 is 15.2 Å². The molecule has 108 valence electrons. The highest BCUT2D eigenvalue weighted by atomic mass is 16.5. The lowest BCUT2D eigenvalue weighted by Crippen LogP contribution is -2.20. The molecule has 1 aromatic carbocycles. The van der Waals surface area contributed by atoms with Gasteiger partial charge in [-0.1, -0.05) is 6.07 Å². The average Bonchev–Trinajstić information content (AvgIpc) is 2.44. The van der Waals surface area contributed by atoms with Crippen molar-refractivity contribution < 1.29 is 11.3 Å². The summed E-state index contributed by atoms with van der Waals surface area (Å²) in [6.45, 7) is 3.65. The fourth-order valence-electron chi connectivity index (χ4n) is 1.93. The molecule has 0 amide bonds. The lowest BCUT2D eigenvalue weighted by Gasteiger charge is -2.09. The molecule has 2 rings (SSSR count). The van der Waals surface area contributed by atoms with Gasteiger partial charge in [0.25, 0.3) is 0 Å². The van der Waals surface area contributed by atoms with Gasteiger partial charge in [0.15, 0.2) is 0 Å². The molecule has 5 nitrogen and oxygen atoms in total.